The average molecular weight is 464 g/mol. The molecule has 170 valence electrons. The molecule has 0 bridgehead atoms. The number of anilines is 1. The van der Waals surface area contributed by atoms with E-state index in [0.717, 1.165) is 23.5 Å². The summed E-state index contributed by atoms with van der Waals surface area (Å²) in [5.74, 6) is -2.06. The highest BCUT2D eigenvalue weighted by Crippen LogP contribution is 2.38. The molecule has 1 fully saturated rings. The first-order valence-electron chi connectivity index (χ1n) is 9.96. The molecule has 0 spiro atoms. The SMILES string of the molecule is CC1O[C@@H](c2c(NC(=O)c3csc(-c4c(F)cccc4F)n3)cnn2C)C[C@@H](N)C1(C)O. The molecule has 1 aliphatic rings. The lowest BCUT2D eigenvalue weighted by Gasteiger charge is -2.43. The zero-order chi connectivity index (χ0) is 23.2. The van der Waals surface area contributed by atoms with E-state index in [-0.39, 0.29) is 16.3 Å². The van der Waals surface area contributed by atoms with Crippen LogP contribution in [0.2, 0.25) is 0 Å². The molecule has 1 saturated heterocycles. The summed E-state index contributed by atoms with van der Waals surface area (Å²) in [6.45, 7) is 3.36. The Balaban J connectivity index is 1.57. The van der Waals surface area contributed by atoms with E-state index in [1.165, 1.54) is 17.6 Å². The Bertz CT molecular complexity index is 1130. The minimum atomic E-state index is -1.18. The molecule has 0 radical (unpaired) electrons. The minimum absolute atomic E-state index is 0.0139. The standard InChI is InChI=1S/C21H23F2N5O3S/c1-10-21(2,30)16(24)7-15(31-10)18-13(8-25-28(18)3)26-19(29)14-9-32-20(27-14)17-11(22)5-4-6-12(17)23/h4-6,8-10,15-16,30H,7,24H2,1-3H3,(H,26,29)/t10?,15-,16-,21?/m1/s1. The number of nitrogens with two attached hydrogens (primary N) is 1. The number of carbonyl (C=O) groups is 1. The number of aliphatic hydroxyl groups is 1. The number of carbonyl (C=O) groups excluding carboxylic acids is 1. The fourth-order valence-corrected chi connectivity index (χ4v) is 4.54. The van der Waals surface area contributed by atoms with Gasteiger partial charge < -0.3 is 20.9 Å². The maximum absolute atomic E-state index is 14.0. The predicted octanol–water partition coefficient (Wildman–Crippen LogP) is 3.00. The number of hydrogen-bond acceptors (Lipinski definition) is 7. The van der Waals surface area contributed by atoms with Gasteiger partial charge in [0.2, 0.25) is 0 Å². The van der Waals surface area contributed by atoms with Crippen molar-refractivity contribution < 1.29 is 23.4 Å². The fourth-order valence-electron chi connectivity index (χ4n) is 3.69. The molecule has 4 atom stereocenters. The molecule has 1 aromatic carbocycles. The van der Waals surface area contributed by atoms with Crippen LogP contribution in [0.5, 0.6) is 0 Å². The Kier molecular flexibility index (Phi) is 5.84. The lowest BCUT2D eigenvalue weighted by atomic mass is 9.84. The van der Waals surface area contributed by atoms with Crippen LogP contribution < -0.4 is 11.1 Å². The number of benzene rings is 1. The number of amides is 1. The normalized spacial score (nSPS) is 25.7. The second-order valence-corrected chi connectivity index (χ2v) is 8.85. The highest BCUT2D eigenvalue weighted by atomic mass is 32.1. The maximum Gasteiger partial charge on any atom is 0.275 e. The first-order valence-corrected chi connectivity index (χ1v) is 10.8. The molecule has 2 unspecified atom stereocenters. The average Bonchev–Trinajstić information content (AvgIpc) is 3.33. The van der Waals surface area contributed by atoms with E-state index in [1.54, 1.807) is 25.6 Å². The molecular formula is C21H23F2N5O3S. The van der Waals surface area contributed by atoms with Crippen LogP contribution in [0.4, 0.5) is 14.5 Å². The summed E-state index contributed by atoms with van der Waals surface area (Å²) in [4.78, 5) is 16.9. The molecule has 1 amide bonds. The van der Waals surface area contributed by atoms with E-state index in [9.17, 15) is 18.7 Å². The highest BCUT2D eigenvalue weighted by Gasteiger charge is 2.44. The number of aryl methyl sites for hydroxylation is 1. The van der Waals surface area contributed by atoms with Crippen molar-refractivity contribution in [3.8, 4) is 10.6 Å². The summed E-state index contributed by atoms with van der Waals surface area (Å²) < 4.78 is 35.6. The number of aromatic nitrogens is 3. The van der Waals surface area contributed by atoms with Gasteiger partial charge in [0.05, 0.1) is 29.2 Å². The van der Waals surface area contributed by atoms with Crippen molar-refractivity contribution in [2.24, 2.45) is 12.8 Å². The highest BCUT2D eigenvalue weighted by molar-refractivity contribution is 7.13. The third-order valence-corrected chi connectivity index (χ3v) is 6.72. The van der Waals surface area contributed by atoms with Gasteiger partial charge in [0, 0.05) is 18.5 Å². The number of ether oxygens (including phenoxy) is 1. The second-order valence-electron chi connectivity index (χ2n) is 7.99. The molecule has 3 aromatic rings. The summed E-state index contributed by atoms with van der Waals surface area (Å²) in [7, 11) is 1.71. The summed E-state index contributed by atoms with van der Waals surface area (Å²) in [5.41, 5.74) is 5.70. The van der Waals surface area contributed by atoms with E-state index >= 15 is 0 Å². The lowest BCUT2D eigenvalue weighted by molar-refractivity contribution is -0.172. The quantitative estimate of drug-likeness (QED) is 0.548. The van der Waals surface area contributed by atoms with Crippen LogP contribution >= 0.6 is 11.3 Å². The molecule has 1 aliphatic heterocycles. The number of hydrogen-bond donors (Lipinski definition) is 3. The van der Waals surface area contributed by atoms with Crippen LogP contribution in [0, 0.1) is 11.6 Å². The predicted molar refractivity (Wildman–Crippen MR) is 115 cm³/mol. The zero-order valence-corrected chi connectivity index (χ0v) is 18.5. The molecule has 2 aromatic heterocycles. The van der Waals surface area contributed by atoms with Gasteiger partial charge in [-0.05, 0) is 32.4 Å². The second kappa shape index (κ2) is 8.32. The summed E-state index contributed by atoms with van der Waals surface area (Å²) in [6.07, 6.45) is 0.768. The first-order chi connectivity index (χ1) is 15.1. The van der Waals surface area contributed by atoms with Gasteiger partial charge in [0.15, 0.2) is 0 Å². The van der Waals surface area contributed by atoms with E-state index in [2.05, 4.69) is 15.4 Å². The Morgan fingerprint density at radius 2 is 2.09 bits per heavy atom. The van der Waals surface area contributed by atoms with E-state index in [4.69, 9.17) is 10.5 Å². The van der Waals surface area contributed by atoms with Crippen molar-refractivity contribution in [3.63, 3.8) is 0 Å². The van der Waals surface area contributed by atoms with E-state index in [0.29, 0.717) is 17.8 Å². The van der Waals surface area contributed by atoms with Crippen molar-refractivity contribution in [2.45, 2.75) is 44.1 Å². The smallest absolute Gasteiger partial charge is 0.275 e. The molecule has 4 N–H and O–H groups in total. The number of nitrogens with zero attached hydrogens (tertiary/aromatic N) is 3. The topological polar surface area (TPSA) is 115 Å². The van der Waals surface area contributed by atoms with Gasteiger partial charge in [-0.1, -0.05) is 6.07 Å². The van der Waals surface area contributed by atoms with E-state index in [1.807, 2.05) is 0 Å². The van der Waals surface area contributed by atoms with E-state index < -0.39 is 41.4 Å². The molecule has 4 rings (SSSR count). The number of halogens is 2. The molecule has 3 heterocycles. The third kappa shape index (κ3) is 3.92. The number of rotatable bonds is 4. The van der Waals surface area contributed by atoms with Crippen LogP contribution in [0.25, 0.3) is 10.6 Å². The van der Waals surface area contributed by atoms with Crippen molar-refractivity contribution in [1.29, 1.82) is 0 Å². The third-order valence-electron chi connectivity index (χ3n) is 5.86. The van der Waals surface area contributed by atoms with Gasteiger partial charge in [-0.3, -0.25) is 9.48 Å². The molecule has 0 aliphatic carbocycles. The van der Waals surface area contributed by atoms with Gasteiger partial charge >= 0.3 is 0 Å². The van der Waals surface area contributed by atoms with Crippen molar-refractivity contribution in [2.75, 3.05) is 5.32 Å². The molecule has 32 heavy (non-hydrogen) atoms. The van der Waals surface area contributed by atoms with Gasteiger partial charge in [0.25, 0.3) is 5.91 Å². The summed E-state index contributed by atoms with van der Waals surface area (Å²) in [5, 5.41) is 18.9. The summed E-state index contributed by atoms with van der Waals surface area (Å²) in [6, 6.07) is 2.99. The van der Waals surface area contributed by atoms with Crippen LogP contribution in [0.15, 0.2) is 29.8 Å². The molecule has 8 nitrogen and oxygen atoms in total. The minimum Gasteiger partial charge on any atom is -0.386 e. The number of nitrogens with one attached hydrogen (secondary N) is 1. The number of thiazole rings is 1. The van der Waals surface area contributed by atoms with Gasteiger partial charge in [0.1, 0.15) is 34.0 Å². The Morgan fingerprint density at radius 3 is 2.75 bits per heavy atom. The Labute approximate surface area is 187 Å². The van der Waals surface area contributed by atoms with Gasteiger partial charge in [-0.25, -0.2) is 13.8 Å². The summed E-state index contributed by atoms with van der Waals surface area (Å²) >= 11 is 0.966. The van der Waals surface area contributed by atoms with Gasteiger partial charge in [-0.2, -0.15) is 5.10 Å². The van der Waals surface area contributed by atoms with Crippen LogP contribution in [-0.4, -0.2) is 43.5 Å². The van der Waals surface area contributed by atoms with Gasteiger partial charge in [-0.15, -0.1) is 11.3 Å². The van der Waals surface area contributed by atoms with Crippen LogP contribution in [0.1, 0.15) is 42.6 Å². The Hall–Kier alpha value is -2.73. The monoisotopic (exact) mass is 463 g/mol. The zero-order valence-electron chi connectivity index (χ0n) is 17.7. The molecular weight excluding hydrogens is 440 g/mol. The van der Waals surface area contributed by atoms with Crippen LogP contribution in [0.3, 0.4) is 0 Å². The Morgan fingerprint density at radius 1 is 1.41 bits per heavy atom. The van der Waals surface area contributed by atoms with Crippen LogP contribution in [-0.2, 0) is 11.8 Å². The largest absolute Gasteiger partial charge is 0.386 e. The first kappa shape index (κ1) is 22.5. The lowest BCUT2D eigenvalue weighted by Crippen LogP contribution is -2.58. The maximum atomic E-state index is 14.0. The van der Waals surface area contributed by atoms with Crippen molar-refractivity contribution >= 4 is 22.9 Å². The molecule has 11 heteroatoms. The van der Waals surface area contributed by atoms with Crippen molar-refractivity contribution in [1.82, 2.24) is 14.8 Å². The van der Waals surface area contributed by atoms with Crippen molar-refractivity contribution in [3.05, 3.63) is 52.8 Å². The molecule has 0 saturated carbocycles. The fraction of sp³-hybridized carbons (Fsp3) is 0.381.